The molecule has 4 nitrogen and oxygen atoms in total. The van der Waals surface area contributed by atoms with Crippen LogP contribution >= 0.6 is 0 Å². The third-order valence-electron chi connectivity index (χ3n) is 2.89. The number of hydrogen-bond acceptors (Lipinski definition) is 3. The molecule has 94 valence electrons. The molecule has 0 saturated heterocycles. The third kappa shape index (κ3) is 2.01. The number of aryl methyl sites for hydroxylation is 1. The van der Waals surface area contributed by atoms with Crippen molar-refractivity contribution in [3.8, 4) is 0 Å². The van der Waals surface area contributed by atoms with Gasteiger partial charge in [-0.2, -0.15) is 0 Å². The van der Waals surface area contributed by atoms with Crippen LogP contribution in [0.4, 0.5) is 0 Å². The molecular formula is C14H15NO3. The van der Waals surface area contributed by atoms with Crippen LogP contribution in [-0.4, -0.2) is 23.3 Å². The van der Waals surface area contributed by atoms with Crippen molar-refractivity contribution >= 4 is 22.7 Å². The second kappa shape index (κ2) is 5.04. The molecule has 0 bridgehead atoms. The number of fused-ring (bicyclic) bond motifs is 1. The number of ether oxygens (including phenoxy) is 1. The number of aromatic nitrogens is 1. The van der Waals surface area contributed by atoms with Crippen LogP contribution in [0.3, 0.4) is 0 Å². The maximum Gasteiger partial charge on any atom is 0.379 e. The molecular weight excluding hydrogens is 230 g/mol. The molecule has 2 rings (SSSR count). The van der Waals surface area contributed by atoms with E-state index in [-0.39, 0.29) is 6.61 Å². The van der Waals surface area contributed by atoms with Gasteiger partial charge < -0.3 is 9.72 Å². The Morgan fingerprint density at radius 3 is 2.72 bits per heavy atom. The minimum Gasteiger partial charge on any atom is -0.460 e. The smallest absolute Gasteiger partial charge is 0.379 e. The van der Waals surface area contributed by atoms with Crippen LogP contribution in [-0.2, 0) is 16.0 Å². The van der Waals surface area contributed by atoms with Crippen molar-refractivity contribution in [2.75, 3.05) is 6.61 Å². The number of carbonyl (C=O) groups excluding carboxylic acids is 2. The van der Waals surface area contributed by atoms with Gasteiger partial charge >= 0.3 is 5.97 Å². The van der Waals surface area contributed by atoms with Gasteiger partial charge in [-0.05, 0) is 18.9 Å². The molecule has 1 N–H and O–H groups in total. The molecule has 18 heavy (non-hydrogen) atoms. The largest absolute Gasteiger partial charge is 0.460 e. The van der Waals surface area contributed by atoms with Gasteiger partial charge in [0.2, 0.25) is 0 Å². The highest BCUT2D eigenvalue weighted by molar-refractivity contribution is 6.43. The molecule has 0 fully saturated rings. The maximum atomic E-state index is 11.9. The summed E-state index contributed by atoms with van der Waals surface area (Å²) in [4.78, 5) is 26.4. The van der Waals surface area contributed by atoms with E-state index in [1.54, 1.807) is 13.1 Å². The van der Waals surface area contributed by atoms with Crippen LogP contribution in [0.5, 0.6) is 0 Å². The van der Waals surface area contributed by atoms with Gasteiger partial charge in [-0.3, -0.25) is 4.79 Å². The Morgan fingerprint density at radius 2 is 2.06 bits per heavy atom. The highest BCUT2D eigenvalue weighted by atomic mass is 16.5. The molecule has 0 aliphatic carbocycles. The lowest BCUT2D eigenvalue weighted by atomic mass is 10.1. The molecule has 0 atom stereocenters. The summed E-state index contributed by atoms with van der Waals surface area (Å²) in [5.41, 5.74) is 2.40. The minimum atomic E-state index is -0.805. The zero-order valence-corrected chi connectivity index (χ0v) is 10.4. The van der Waals surface area contributed by atoms with Crippen molar-refractivity contribution in [3.63, 3.8) is 0 Å². The lowest BCUT2D eigenvalue weighted by molar-refractivity contribution is -0.137. The number of benzene rings is 1. The van der Waals surface area contributed by atoms with E-state index in [0.29, 0.717) is 5.56 Å². The fourth-order valence-corrected chi connectivity index (χ4v) is 2.01. The first-order valence-corrected chi connectivity index (χ1v) is 5.99. The van der Waals surface area contributed by atoms with E-state index in [4.69, 9.17) is 4.74 Å². The van der Waals surface area contributed by atoms with Crippen molar-refractivity contribution in [3.05, 3.63) is 35.5 Å². The van der Waals surface area contributed by atoms with Crippen LogP contribution in [0.2, 0.25) is 0 Å². The highest BCUT2D eigenvalue weighted by Crippen LogP contribution is 2.22. The lowest BCUT2D eigenvalue weighted by Gasteiger charge is -2.01. The molecule has 4 heteroatoms. The summed E-state index contributed by atoms with van der Waals surface area (Å²) in [7, 11) is 0. The molecule has 1 aromatic heterocycles. The number of H-pyrrole nitrogens is 1. The van der Waals surface area contributed by atoms with Crippen LogP contribution < -0.4 is 0 Å². The van der Waals surface area contributed by atoms with Crippen LogP contribution in [0, 0.1) is 0 Å². The van der Waals surface area contributed by atoms with Crippen molar-refractivity contribution in [2.24, 2.45) is 0 Å². The quantitative estimate of drug-likeness (QED) is 0.511. The molecule has 0 unspecified atom stereocenters. The number of para-hydroxylation sites is 1. The van der Waals surface area contributed by atoms with E-state index in [1.807, 2.05) is 25.1 Å². The van der Waals surface area contributed by atoms with E-state index in [1.165, 1.54) is 0 Å². The van der Waals surface area contributed by atoms with Gasteiger partial charge in [0.25, 0.3) is 5.78 Å². The van der Waals surface area contributed by atoms with Crippen LogP contribution in [0.15, 0.2) is 24.4 Å². The summed E-state index contributed by atoms with van der Waals surface area (Å²) >= 11 is 0. The Labute approximate surface area is 105 Å². The second-order valence-electron chi connectivity index (χ2n) is 3.95. The number of carbonyl (C=O) groups is 2. The number of rotatable bonds is 4. The van der Waals surface area contributed by atoms with Crippen LogP contribution in [0.1, 0.15) is 29.8 Å². The number of ketones is 1. The fourth-order valence-electron chi connectivity index (χ4n) is 2.01. The van der Waals surface area contributed by atoms with Gasteiger partial charge in [0.15, 0.2) is 0 Å². The van der Waals surface area contributed by atoms with E-state index < -0.39 is 11.8 Å². The summed E-state index contributed by atoms with van der Waals surface area (Å²) in [6.07, 6.45) is 2.44. The van der Waals surface area contributed by atoms with Gasteiger partial charge in [-0.1, -0.05) is 25.1 Å². The van der Waals surface area contributed by atoms with E-state index in [0.717, 1.165) is 22.9 Å². The molecule has 2 aromatic rings. The Morgan fingerprint density at radius 1 is 1.28 bits per heavy atom. The third-order valence-corrected chi connectivity index (χ3v) is 2.89. The average Bonchev–Trinajstić information content (AvgIpc) is 2.81. The number of aromatic amines is 1. The highest BCUT2D eigenvalue weighted by Gasteiger charge is 2.21. The van der Waals surface area contributed by atoms with Crippen molar-refractivity contribution in [2.45, 2.75) is 20.3 Å². The summed E-state index contributed by atoms with van der Waals surface area (Å²) in [5, 5.41) is 0.771. The predicted molar refractivity (Wildman–Crippen MR) is 68.6 cm³/mol. The number of hydrogen-bond donors (Lipinski definition) is 1. The maximum absolute atomic E-state index is 11.9. The predicted octanol–water partition coefficient (Wildman–Crippen LogP) is 2.48. The summed E-state index contributed by atoms with van der Waals surface area (Å²) < 4.78 is 4.73. The molecule has 1 heterocycles. The Bertz CT molecular complexity index is 598. The van der Waals surface area contributed by atoms with E-state index in [2.05, 4.69) is 4.98 Å². The Balaban J connectivity index is 2.47. The normalized spacial score (nSPS) is 10.6. The zero-order valence-electron chi connectivity index (χ0n) is 10.4. The second-order valence-corrected chi connectivity index (χ2v) is 3.95. The molecule has 0 spiro atoms. The minimum absolute atomic E-state index is 0.202. The van der Waals surface area contributed by atoms with Crippen molar-refractivity contribution < 1.29 is 14.3 Å². The summed E-state index contributed by atoms with van der Waals surface area (Å²) in [6, 6.07) is 5.71. The van der Waals surface area contributed by atoms with Gasteiger partial charge in [0.05, 0.1) is 12.2 Å². The van der Waals surface area contributed by atoms with Crippen molar-refractivity contribution in [1.82, 2.24) is 4.98 Å². The summed E-state index contributed by atoms with van der Waals surface area (Å²) in [5.74, 6) is -1.41. The molecule has 0 saturated carbocycles. The number of Topliss-reactive ketones (excluding diaryl/α,β-unsaturated/α-hetero) is 1. The summed E-state index contributed by atoms with van der Waals surface area (Å²) in [6.45, 7) is 3.92. The standard InChI is InChI=1S/C14H15NO3/c1-3-9-6-5-7-10-11(8-15-12(9)10)13(16)14(17)18-4-2/h5-8,15H,3-4H2,1-2H3. The van der Waals surface area contributed by atoms with E-state index in [9.17, 15) is 9.59 Å². The molecule has 0 aliphatic heterocycles. The molecule has 0 radical (unpaired) electrons. The molecule has 0 aliphatic rings. The monoisotopic (exact) mass is 245 g/mol. The lowest BCUT2D eigenvalue weighted by Crippen LogP contribution is -2.17. The SMILES string of the molecule is CCOC(=O)C(=O)c1c[nH]c2c(CC)cccc12. The number of nitrogens with one attached hydrogen (secondary N) is 1. The van der Waals surface area contributed by atoms with Gasteiger partial charge in [0.1, 0.15) is 0 Å². The first-order chi connectivity index (χ1) is 8.69. The zero-order chi connectivity index (χ0) is 13.1. The van der Waals surface area contributed by atoms with E-state index >= 15 is 0 Å². The average molecular weight is 245 g/mol. The van der Waals surface area contributed by atoms with Gasteiger partial charge in [-0.25, -0.2) is 4.79 Å². The topological polar surface area (TPSA) is 59.2 Å². The van der Waals surface area contributed by atoms with Crippen molar-refractivity contribution in [1.29, 1.82) is 0 Å². The Hall–Kier alpha value is -2.10. The van der Waals surface area contributed by atoms with Gasteiger partial charge in [0, 0.05) is 17.1 Å². The number of esters is 1. The Kier molecular flexibility index (Phi) is 3.46. The molecule has 1 aromatic carbocycles. The first kappa shape index (κ1) is 12.4. The fraction of sp³-hybridized carbons (Fsp3) is 0.286. The first-order valence-electron chi connectivity index (χ1n) is 5.99. The van der Waals surface area contributed by atoms with Gasteiger partial charge in [-0.15, -0.1) is 0 Å². The molecule has 0 amide bonds. The van der Waals surface area contributed by atoms with Crippen LogP contribution in [0.25, 0.3) is 10.9 Å².